The minimum Gasteiger partial charge on any atom is -0.365 e. The third kappa shape index (κ3) is 3.86. The van der Waals surface area contributed by atoms with Crippen molar-refractivity contribution in [2.24, 2.45) is 0 Å². The molecule has 3 aromatic rings. The van der Waals surface area contributed by atoms with E-state index in [0.29, 0.717) is 41.3 Å². The lowest BCUT2D eigenvalue weighted by atomic mass is 9.96. The molecule has 4 rings (SSSR count). The van der Waals surface area contributed by atoms with E-state index in [4.69, 9.17) is 4.52 Å². The lowest BCUT2D eigenvalue weighted by molar-refractivity contribution is 0.137. The van der Waals surface area contributed by atoms with Gasteiger partial charge in [-0.25, -0.2) is 14.4 Å². The highest BCUT2D eigenvalue weighted by molar-refractivity contribution is 5.89. The first-order valence-electron chi connectivity index (χ1n) is 8.74. The fraction of sp³-hybridized carbons (Fsp3) is 0.444. The minimum absolute atomic E-state index is 0. The number of anilines is 1. The third-order valence-electron chi connectivity index (χ3n) is 4.74. The molecule has 0 aliphatic carbocycles. The van der Waals surface area contributed by atoms with Crippen molar-refractivity contribution in [2.75, 3.05) is 25.0 Å². The molecule has 7 nitrogen and oxygen atoms in total. The predicted octanol–water partition coefficient (Wildman–Crippen LogP) is 3.22. The van der Waals surface area contributed by atoms with Gasteiger partial charge in [0.15, 0.2) is 5.82 Å². The average molecular weight is 393 g/mol. The van der Waals surface area contributed by atoms with Crippen LogP contribution in [0.3, 0.4) is 0 Å². The Morgan fingerprint density at radius 2 is 2.11 bits per heavy atom. The maximum Gasteiger partial charge on any atom is 0.155 e. The van der Waals surface area contributed by atoms with E-state index in [1.54, 1.807) is 12.4 Å². The van der Waals surface area contributed by atoms with Gasteiger partial charge in [0.25, 0.3) is 0 Å². The van der Waals surface area contributed by atoms with Crippen molar-refractivity contribution in [3.63, 3.8) is 0 Å². The zero-order chi connectivity index (χ0) is 18.1. The number of aromatic nitrogens is 4. The van der Waals surface area contributed by atoms with Crippen LogP contribution in [0.2, 0.25) is 0 Å². The van der Waals surface area contributed by atoms with Gasteiger partial charge in [0.2, 0.25) is 0 Å². The summed E-state index contributed by atoms with van der Waals surface area (Å²) >= 11 is 0. The van der Waals surface area contributed by atoms with Crippen LogP contribution in [0.1, 0.15) is 24.3 Å². The van der Waals surface area contributed by atoms with E-state index >= 15 is 0 Å². The number of aryl methyl sites for hydroxylation is 2. The van der Waals surface area contributed by atoms with Crippen LogP contribution < -0.4 is 10.6 Å². The highest BCUT2D eigenvalue weighted by Gasteiger charge is 2.31. The number of nitrogens with one attached hydrogen (secondary N) is 2. The van der Waals surface area contributed by atoms with Gasteiger partial charge in [-0.3, -0.25) is 4.98 Å². The summed E-state index contributed by atoms with van der Waals surface area (Å²) in [6.07, 6.45) is 4.59. The quantitative estimate of drug-likeness (QED) is 0.704. The van der Waals surface area contributed by atoms with Gasteiger partial charge in [-0.15, -0.1) is 12.4 Å². The van der Waals surface area contributed by atoms with Crippen molar-refractivity contribution in [1.29, 1.82) is 0 Å². The Morgan fingerprint density at radius 3 is 2.81 bits per heavy atom. The molecule has 1 fully saturated rings. The average Bonchev–Trinajstić information content (AvgIpc) is 2.98. The Hall–Kier alpha value is -2.32. The number of halogens is 2. The van der Waals surface area contributed by atoms with Crippen molar-refractivity contribution in [3.05, 3.63) is 29.9 Å². The fourth-order valence-electron chi connectivity index (χ4n) is 3.40. The van der Waals surface area contributed by atoms with Gasteiger partial charge in [-0.2, -0.15) is 0 Å². The van der Waals surface area contributed by atoms with E-state index < -0.39 is 5.67 Å². The summed E-state index contributed by atoms with van der Waals surface area (Å²) in [4.78, 5) is 13.4. The van der Waals surface area contributed by atoms with Gasteiger partial charge in [0.05, 0.1) is 29.0 Å². The van der Waals surface area contributed by atoms with Crippen LogP contribution >= 0.6 is 12.4 Å². The predicted molar refractivity (Wildman–Crippen MR) is 104 cm³/mol. The molecule has 144 valence electrons. The van der Waals surface area contributed by atoms with Gasteiger partial charge >= 0.3 is 0 Å². The van der Waals surface area contributed by atoms with Gasteiger partial charge in [-0.05, 0) is 39.3 Å². The van der Waals surface area contributed by atoms with E-state index in [0.717, 1.165) is 24.2 Å². The van der Waals surface area contributed by atoms with E-state index in [9.17, 15) is 4.39 Å². The molecule has 1 saturated heterocycles. The standard InChI is InChI=1S/C18H21FN6O.ClH/c1-11-15(12(2)26-25-11)13-8-14-16(22-7-6-21-14)17(24-13)23-10-18(19)4-3-5-20-9-18;/h6-8,20H,3-5,9-10H2,1-2H3,(H,23,24);1H. The number of hydrogen-bond donors (Lipinski definition) is 2. The molecule has 0 amide bonds. The summed E-state index contributed by atoms with van der Waals surface area (Å²) in [5.41, 5.74) is 2.28. The summed E-state index contributed by atoms with van der Waals surface area (Å²) < 4.78 is 20.2. The lowest BCUT2D eigenvalue weighted by Gasteiger charge is -2.30. The molecule has 2 N–H and O–H groups in total. The molecule has 27 heavy (non-hydrogen) atoms. The first-order chi connectivity index (χ1) is 12.6. The Kier molecular flexibility index (Phi) is 5.57. The van der Waals surface area contributed by atoms with Gasteiger partial charge in [0.1, 0.15) is 16.9 Å². The zero-order valence-corrected chi connectivity index (χ0v) is 16.1. The van der Waals surface area contributed by atoms with Crippen LogP contribution in [0.5, 0.6) is 0 Å². The minimum atomic E-state index is -1.30. The number of nitrogens with zero attached hydrogens (tertiary/aromatic N) is 4. The topological polar surface area (TPSA) is 88.8 Å². The maximum atomic E-state index is 14.9. The normalized spacial score (nSPS) is 19.7. The third-order valence-corrected chi connectivity index (χ3v) is 4.74. The van der Waals surface area contributed by atoms with Gasteiger partial charge < -0.3 is 15.2 Å². The Bertz CT molecular complexity index is 921. The van der Waals surface area contributed by atoms with Crippen molar-refractivity contribution in [1.82, 2.24) is 25.4 Å². The Balaban J connectivity index is 0.00000210. The second kappa shape index (κ2) is 7.74. The Labute approximate surface area is 162 Å². The molecule has 4 heterocycles. The number of alkyl halides is 1. The smallest absolute Gasteiger partial charge is 0.155 e. The van der Waals surface area contributed by atoms with E-state index in [1.807, 2.05) is 19.9 Å². The zero-order valence-electron chi connectivity index (χ0n) is 15.3. The highest BCUT2D eigenvalue weighted by atomic mass is 35.5. The van der Waals surface area contributed by atoms with E-state index in [2.05, 4.69) is 30.7 Å². The Morgan fingerprint density at radius 1 is 1.30 bits per heavy atom. The molecule has 1 aliphatic rings. The SMILES string of the molecule is Cc1noc(C)c1-c1cc2nccnc2c(NCC2(F)CCCNC2)n1.Cl. The second-order valence-electron chi connectivity index (χ2n) is 6.76. The summed E-state index contributed by atoms with van der Waals surface area (Å²) in [7, 11) is 0. The molecule has 0 spiro atoms. The molecular weight excluding hydrogens is 371 g/mol. The number of pyridine rings is 1. The van der Waals surface area contributed by atoms with Gasteiger partial charge in [-0.1, -0.05) is 5.16 Å². The molecule has 1 aliphatic heterocycles. The molecule has 9 heteroatoms. The largest absolute Gasteiger partial charge is 0.365 e. The molecule has 0 bridgehead atoms. The van der Waals surface area contributed by atoms with E-state index in [-0.39, 0.29) is 19.0 Å². The van der Waals surface area contributed by atoms with Crippen molar-refractivity contribution in [3.8, 4) is 11.3 Å². The van der Waals surface area contributed by atoms with Crippen molar-refractivity contribution < 1.29 is 8.91 Å². The van der Waals surface area contributed by atoms with Crippen LogP contribution in [-0.2, 0) is 0 Å². The summed E-state index contributed by atoms with van der Waals surface area (Å²) in [5, 5.41) is 10.3. The highest BCUT2D eigenvalue weighted by Crippen LogP contribution is 2.30. The van der Waals surface area contributed by atoms with Crippen LogP contribution in [0.25, 0.3) is 22.3 Å². The van der Waals surface area contributed by atoms with Crippen LogP contribution in [0, 0.1) is 13.8 Å². The summed E-state index contributed by atoms with van der Waals surface area (Å²) in [5.74, 6) is 1.20. The molecule has 1 unspecified atom stereocenters. The number of rotatable bonds is 4. The van der Waals surface area contributed by atoms with Crippen molar-refractivity contribution >= 4 is 29.3 Å². The van der Waals surface area contributed by atoms with Crippen LogP contribution in [0.4, 0.5) is 10.2 Å². The first kappa shape index (κ1) is 19.4. The monoisotopic (exact) mass is 392 g/mol. The number of piperidine rings is 1. The molecule has 1 atom stereocenters. The molecule has 0 saturated carbocycles. The molecule has 3 aromatic heterocycles. The fourth-order valence-corrected chi connectivity index (χ4v) is 3.40. The maximum absolute atomic E-state index is 14.9. The van der Waals surface area contributed by atoms with Crippen molar-refractivity contribution in [2.45, 2.75) is 32.4 Å². The molecule has 0 radical (unpaired) electrons. The number of fused-ring (bicyclic) bond motifs is 1. The summed E-state index contributed by atoms with van der Waals surface area (Å²) in [6.45, 7) is 5.08. The second-order valence-corrected chi connectivity index (χ2v) is 6.76. The summed E-state index contributed by atoms with van der Waals surface area (Å²) in [6, 6.07) is 1.85. The molecular formula is C18H22ClFN6O. The number of hydrogen-bond acceptors (Lipinski definition) is 7. The molecule has 0 aromatic carbocycles. The lowest BCUT2D eigenvalue weighted by Crippen LogP contribution is -2.46. The van der Waals surface area contributed by atoms with Gasteiger partial charge in [0, 0.05) is 18.9 Å². The van der Waals surface area contributed by atoms with Crippen LogP contribution in [0.15, 0.2) is 23.0 Å². The van der Waals surface area contributed by atoms with E-state index in [1.165, 1.54) is 0 Å². The van der Waals surface area contributed by atoms with Crippen LogP contribution in [-0.4, -0.2) is 45.4 Å². The first-order valence-corrected chi connectivity index (χ1v) is 8.74.